The number of carbonyl (C=O) groups excluding carboxylic acids is 1. The number of carbonyl (C=O) groups is 1. The average Bonchev–Trinajstić information content (AvgIpc) is 2.39. The second kappa shape index (κ2) is 5.43. The highest BCUT2D eigenvalue weighted by atomic mass is 19.1. The Balaban J connectivity index is 2.15. The van der Waals surface area contributed by atoms with Gasteiger partial charge in [-0.15, -0.1) is 0 Å². The summed E-state index contributed by atoms with van der Waals surface area (Å²) in [5.74, 6) is -1.06. The molecule has 0 spiro atoms. The van der Waals surface area contributed by atoms with Crippen LogP contribution in [-0.2, 0) is 13.0 Å². The average molecular weight is 261 g/mol. The second-order valence-electron chi connectivity index (χ2n) is 4.01. The van der Waals surface area contributed by atoms with Crippen LogP contribution in [0.2, 0.25) is 0 Å². The number of nitrogens with two attached hydrogens (primary N) is 1. The first-order valence-electron chi connectivity index (χ1n) is 5.67. The summed E-state index contributed by atoms with van der Waals surface area (Å²) >= 11 is 0. The summed E-state index contributed by atoms with van der Waals surface area (Å²) in [6, 6.07) is 7.44. The first kappa shape index (κ1) is 12.9. The van der Waals surface area contributed by atoms with E-state index < -0.39 is 5.91 Å². The molecule has 0 aliphatic heterocycles. The number of halogens is 1. The first-order valence-corrected chi connectivity index (χ1v) is 5.67. The number of hydrogen-bond acceptors (Lipinski definition) is 3. The third kappa shape index (κ3) is 3.04. The van der Waals surface area contributed by atoms with Crippen LogP contribution in [-0.4, -0.2) is 15.5 Å². The van der Waals surface area contributed by atoms with E-state index in [1.807, 2.05) is 0 Å². The van der Waals surface area contributed by atoms with Gasteiger partial charge in [0.2, 0.25) is 0 Å². The lowest BCUT2D eigenvalue weighted by molar-refractivity contribution is 0.0995. The number of aromatic nitrogens is 2. The Bertz CT molecular complexity index is 667. The van der Waals surface area contributed by atoms with Gasteiger partial charge in [0.25, 0.3) is 11.5 Å². The van der Waals surface area contributed by atoms with Gasteiger partial charge in [-0.3, -0.25) is 14.2 Å². The molecule has 0 fully saturated rings. The molecule has 98 valence electrons. The van der Waals surface area contributed by atoms with Gasteiger partial charge >= 0.3 is 0 Å². The van der Waals surface area contributed by atoms with Crippen LogP contribution in [0.3, 0.4) is 0 Å². The van der Waals surface area contributed by atoms with Crippen LogP contribution < -0.4 is 11.3 Å². The molecule has 5 nitrogen and oxygen atoms in total. The molecule has 2 N–H and O–H groups in total. The van der Waals surface area contributed by atoms with Crippen molar-refractivity contribution in [3.8, 4) is 0 Å². The van der Waals surface area contributed by atoms with E-state index in [9.17, 15) is 14.0 Å². The lowest BCUT2D eigenvalue weighted by Gasteiger charge is -2.06. The van der Waals surface area contributed by atoms with Crippen LogP contribution in [0, 0.1) is 5.82 Å². The number of amides is 1. The molecule has 0 saturated heterocycles. The minimum atomic E-state index is -0.752. The van der Waals surface area contributed by atoms with Crippen molar-refractivity contribution in [2.75, 3.05) is 0 Å². The van der Waals surface area contributed by atoms with E-state index >= 15 is 0 Å². The molecule has 6 heteroatoms. The SMILES string of the molecule is NC(=O)c1cc(=O)n(CCc2ccccc2F)cn1. The predicted octanol–water partition coefficient (Wildman–Crippen LogP) is 0.724. The fourth-order valence-corrected chi connectivity index (χ4v) is 1.67. The highest BCUT2D eigenvalue weighted by molar-refractivity contribution is 5.90. The lowest BCUT2D eigenvalue weighted by atomic mass is 10.1. The number of aryl methyl sites for hydroxylation is 2. The van der Waals surface area contributed by atoms with Crippen molar-refractivity contribution in [2.24, 2.45) is 5.73 Å². The van der Waals surface area contributed by atoms with Crippen molar-refractivity contribution in [1.29, 1.82) is 0 Å². The normalized spacial score (nSPS) is 10.4. The Kier molecular flexibility index (Phi) is 3.70. The topological polar surface area (TPSA) is 78.0 Å². The Morgan fingerprint density at radius 2 is 2.11 bits per heavy atom. The van der Waals surface area contributed by atoms with Crippen molar-refractivity contribution >= 4 is 5.91 Å². The molecule has 0 atom stereocenters. The number of nitrogens with zero attached hydrogens (tertiary/aromatic N) is 2. The highest BCUT2D eigenvalue weighted by Crippen LogP contribution is 2.07. The van der Waals surface area contributed by atoms with E-state index in [2.05, 4.69) is 4.98 Å². The van der Waals surface area contributed by atoms with Crippen molar-refractivity contribution < 1.29 is 9.18 Å². The third-order valence-corrected chi connectivity index (χ3v) is 2.71. The molecular weight excluding hydrogens is 249 g/mol. The molecule has 19 heavy (non-hydrogen) atoms. The Morgan fingerprint density at radius 3 is 2.74 bits per heavy atom. The largest absolute Gasteiger partial charge is 0.364 e. The van der Waals surface area contributed by atoms with Gasteiger partial charge < -0.3 is 5.73 Å². The number of primary amides is 1. The zero-order valence-electron chi connectivity index (χ0n) is 10.0. The monoisotopic (exact) mass is 261 g/mol. The van der Waals surface area contributed by atoms with Gasteiger partial charge in [0, 0.05) is 12.6 Å². The number of hydrogen-bond donors (Lipinski definition) is 1. The van der Waals surface area contributed by atoms with Crippen LogP contribution >= 0.6 is 0 Å². The fourth-order valence-electron chi connectivity index (χ4n) is 1.67. The maximum absolute atomic E-state index is 13.4. The molecule has 0 bridgehead atoms. The zero-order chi connectivity index (χ0) is 13.8. The summed E-state index contributed by atoms with van der Waals surface area (Å²) in [4.78, 5) is 26.3. The standard InChI is InChI=1S/C13H12FN3O2/c14-10-4-2-1-3-9(10)5-6-17-8-16-11(13(15)19)7-12(17)18/h1-4,7-8H,5-6H2,(H2,15,19). The van der Waals surface area contributed by atoms with Gasteiger partial charge in [0.1, 0.15) is 11.5 Å². The first-order chi connectivity index (χ1) is 9.08. The van der Waals surface area contributed by atoms with Crippen LogP contribution in [0.5, 0.6) is 0 Å². The van der Waals surface area contributed by atoms with Gasteiger partial charge in [-0.25, -0.2) is 9.37 Å². The van der Waals surface area contributed by atoms with E-state index in [-0.39, 0.29) is 23.6 Å². The molecule has 2 aromatic rings. The minimum Gasteiger partial charge on any atom is -0.364 e. The molecule has 1 heterocycles. The second-order valence-corrected chi connectivity index (χ2v) is 4.01. The summed E-state index contributed by atoms with van der Waals surface area (Å²) in [5.41, 5.74) is 5.07. The molecule has 1 aromatic heterocycles. The summed E-state index contributed by atoms with van der Waals surface area (Å²) in [5, 5.41) is 0. The van der Waals surface area contributed by atoms with Crippen molar-refractivity contribution in [3.05, 3.63) is 64.1 Å². The molecule has 0 aliphatic rings. The van der Waals surface area contributed by atoms with E-state index in [0.29, 0.717) is 12.0 Å². The molecule has 0 unspecified atom stereocenters. The predicted molar refractivity (Wildman–Crippen MR) is 67.1 cm³/mol. The van der Waals surface area contributed by atoms with E-state index in [1.54, 1.807) is 18.2 Å². The Hall–Kier alpha value is -2.50. The quantitative estimate of drug-likeness (QED) is 0.881. The summed E-state index contributed by atoms with van der Waals surface area (Å²) in [6.45, 7) is 0.284. The molecule has 0 aliphatic carbocycles. The van der Waals surface area contributed by atoms with Gasteiger partial charge in [-0.05, 0) is 18.1 Å². The smallest absolute Gasteiger partial charge is 0.267 e. The van der Waals surface area contributed by atoms with Crippen molar-refractivity contribution in [1.82, 2.24) is 9.55 Å². The van der Waals surface area contributed by atoms with Crippen molar-refractivity contribution in [3.63, 3.8) is 0 Å². The van der Waals surface area contributed by atoms with Gasteiger partial charge in [-0.1, -0.05) is 18.2 Å². The minimum absolute atomic E-state index is 0.0767. The lowest BCUT2D eigenvalue weighted by Crippen LogP contribution is -2.25. The Morgan fingerprint density at radius 1 is 1.37 bits per heavy atom. The fraction of sp³-hybridized carbons (Fsp3) is 0.154. The van der Waals surface area contributed by atoms with Gasteiger partial charge in [-0.2, -0.15) is 0 Å². The van der Waals surface area contributed by atoms with Crippen LogP contribution in [0.15, 0.2) is 41.5 Å². The van der Waals surface area contributed by atoms with Gasteiger partial charge in [0.15, 0.2) is 0 Å². The van der Waals surface area contributed by atoms with Crippen molar-refractivity contribution in [2.45, 2.75) is 13.0 Å². The van der Waals surface area contributed by atoms with E-state index in [1.165, 1.54) is 17.0 Å². The molecular formula is C13H12FN3O2. The molecule has 0 saturated carbocycles. The zero-order valence-corrected chi connectivity index (χ0v) is 10.0. The molecule has 1 aromatic carbocycles. The van der Waals surface area contributed by atoms with Crippen LogP contribution in [0.25, 0.3) is 0 Å². The Labute approximate surface area is 108 Å². The number of benzene rings is 1. The third-order valence-electron chi connectivity index (χ3n) is 2.71. The molecule has 1 amide bonds. The van der Waals surface area contributed by atoms with E-state index in [0.717, 1.165) is 6.07 Å². The summed E-state index contributed by atoms with van der Waals surface area (Å²) < 4.78 is 14.7. The maximum Gasteiger partial charge on any atom is 0.267 e. The van der Waals surface area contributed by atoms with Gasteiger partial charge in [0.05, 0.1) is 6.33 Å². The highest BCUT2D eigenvalue weighted by Gasteiger charge is 2.06. The van der Waals surface area contributed by atoms with Crippen LogP contribution in [0.4, 0.5) is 4.39 Å². The summed E-state index contributed by atoms with van der Waals surface area (Å²) in [6.07, 6.45) is 1.60. The summed E-state index contributed by atoms with van der Waals surface area (Å²) in [7, 11) is 0. The van der Waals surface area contributed by atoms with E-state index in [4.69, 9.17) is 5.73 Å². The molecule has 0 radical (unpaired) electrons. The number of rotatable bonds is 4. The maximum atomic E-state index is 13.4. The van der Waals surface area contributed by atoms with Crippen LogP contribution in [0.1, 0.15) is 16.1 Å². The molecule has 2 rings (SSSR count).